The van der Waals surface area contributed by atoms with Crippen molar-refractivity contribution in [2.45, 2.75) is 13.8 Å². The zero-order valence-corrected chi connectivity index (χ0v) is 12.7. The lowest BCUT2D eigenvalue weighted by Gasteiger charge is -2.06. The second-order valence-electron chi connectivity index (χ2n) is 4.18. The van der Waals surface area contributed by atoms with Gasteiger partial charge in [0.25, 0.3) is 5.56 Å². The van der Waals surface area contributed by atoms with Gasteiger partial charge in [-0.2, -0.15) is 0 Å². The van der Waals surface area contributed by atoms with Crippen LogP contribution in [0.15, 0.2) is 33.7 Å². The SMILES string of the molecule is CCOC(=O)c1cnc(-c2ccc(C)cc2Br)[nH]c1=O. The summed E-state index contributed by atoms with van der Waals surface area (Å²) in [7, 11) is 0. The molecule has 0 amide bonds. The number of carbonyl (C=O) groups is 1. The number of nitrogens with zero attached hydrogens (tertiary/aromatic N) is 1. The van der Waals surface area contributed by atoms with Gasteiger partial charge in [-0.1, -0.05) is 22.0 Å². The maximum Gasteiger partial charge on any atom is 0.345 e. The van der Waals surface area contributed by atoms with Crippen molar-refractivity contribution in [2.24, 2.45) is 0 Å². The van der Waals surface area contributed by atoms with E-state index in [0.717, 1.165) is 15.6 Å². The molecule has 2 aromatic rings. The third-order valence-corrected chi connectivity index (χ3v) is 3.33. The zero-order chi connectivity index (χ0) is 14.7. The standard InChI is InChI=1S/C14H13BrN2O3/c1-3-20-14(19)10-7-16-12(17-13(10)18)9-5-4-8(2)6-11(9)15/h4-7H,3H2,1-2H3,(H,16,17,18). The largest absolute Gasteiger partial charge is 0.462 e. The predicted molar refractivity (Wildman–Crippen MR) is 78.7 cm³/mol. The molecule has 0 radical (unpaired) electrons. The lowest BCUT2D eigenvalue weighted by atomic mass is 10.1. The van der Waals surface area contributed by atoms with Crippen molar-refractivity contribution in [3.8, 4) is 11.4 Å². The van der Waals surface area contributed by atoms with Crippen LogP contribution in [-0.2, 0) is 4.74 Å². The van der Waals surface area contributed by atoms with Gasteiger partial charge in [-0.3, -0.25) is 4.79 Å². The average Bonchev–Trinajstić information content (AvgIpc) is 2.38. The van der Waals surface area contributed by atoms with Gasteiger partial charge in [0.1, 0.15) is 11.4 Å². The zero-order valence-electron chi connectivity index (χ0n) is 11.1. The first kappa shape index (κ1) is 14.5. The molecule has 1 N–H and O–H groups in total. The van der Waals surface area contributed by atoms with Gasteiger partial charge < -0.3 is 9.72 Å². The first-order valence-corrected chi connectivity index (χ1v) is 6.85. The highest BCUT2D eigenvalue weighted by molar-refractivity contribution is 9.10. The van der Waals surface area contributed by atoms with E-state index in [1.165, 1.54) is 6.20 Å². The minimum atomic E-state index is -0.671. The van der Waals surface area contributed by atoms with E-state index in [1.807, 2.05) is 25.1 Å². The predicted octanol–water partition coefficient (Wildman–Crippen LogP) is 2.68. The number of H-pyrrole nitrogens is 1. The molecule has 5 nitrogen and oxygen atoms in total. The monoisotopic (exact) mass is 336 g/mol. The fourth-order valence-electron chi connectivity index (χ4n) is 1.70. The molecule has 0 spiro atoms. The van der Waals surface area contributed by atoms with Gasteiger partial charge in [-0.15, -0.1) is 0 Å². The molecule has 0 aliphatic carbocycles. The smallest absolute Gasteiger partial charge is 0.345 e. The molecule has 20 heavy (non-hydrogen) atoms. The Kier molecular flexibility index (Phi) is 4.34. The Bertz CT molecular complexity index is 710. The summed E-state index contributed by atoms with van der Waals surface area (Å²) in [4.78, 5) is 30.1. The first-order chi connectivity index (χ1) is 9.52. The fraction of sp³-hybridized carbons (Fsp3) is 0.214. The second kappa shape index (κ2) is 6.00. The second-order valence-corrected chi connectivity index (χ2v) is 5.03. The molecular formula is C14H13BrN2O3. The van der Waals surface area contributed by atoms with Crippen LogP contribution < -0.4 is 5.56 Å². The van der Waals surface area contributed by atoms with E-state index in [4.69, 9.17) is 4.74 Å². The summed E-state index contributed by atoms with van der Waals surface area (Å²) >= 11 is 3.43. The number of ether oxygens (including phenoxy) is 1. The van der Waals surface area contributed by atoms with E-state index in [1.54, 1.807) is 6.92 Å². The highest BCUT2D eigenvalue weighted by atomic mass is 79.9. The van der Waals surface area contributed by atoms with Crippen LogP contribution in [0, 0.1) is 6.92 Å². The molecule has 0 unspecified atom stereocenters. The normalized spacial score (nSPS) is 10.3. The number of aromatic amines is 1. The molecule has 0 atom stereocenters. The molecule has 1 aromatic heterocycles. The number of rotatable bonds is 3. The minimum Gasteiger partial charge on any atom is -0.462 e. The van der Waals surface area contributed by atoms with Gasteiger partial charge in [0.2, 0.25) is 0 Å². The summed E-state index contributed by atoms with van der Waals surface area (Å²) < 4.78 is 5.61. The van der Waals surface area contributed by atoms with Crippen molar-refractivity contribution < 1.29 is 9.53 Å². The van der Waals surface area contributed by atoms with E-state index in [2.05, 4.69) is 25.9 Å². The van der Waals surface area contributed by atoms with Crippen molar-refractivity contribution in [3.05, 3.63) is 50.3 Å². The maximum absolute atomic E-state index is 11.9. The molecule has 1 aromatic carbocycles. The molecular weight excluding hydrogens is 324 g/mol. The molecule has 0 aliphatic rings. The summed E-state index contributed by atoms with van der Waals surface area (Å²) in [6.45, 7) is 3.86. The molecule has 0 bridgehead atoms. The van der Waals surface area contributed by atoms with Crippen LogP contribution in [0.4, 0.5) is 0 Å². The van der Waals surface area contributed by atoms with E-state index < -0.39 is 11.5 Å². The van der Waals surface area contributed by atoms with Crippen molar-refractivity contribution >= 4 is 21.9 Å². The number of nitrogens with one attached hydrogen (secondary N) is 1. The summed E-state index contributed by atoms with van der Waals surface area (Å²) in [6.07, 6.45) is 1.23. The van der Waals surface area contributed by atoms with Crippen molar-refractivity contribution in [1.82, 2.24) is 9.97 Å². The number of aryl methyl sites for hydroxylation is 1. The molecule has 104 valence electrons. The number of carbonyl (C=O) groups excluding carboxylic acids is 1. The van der Waals surface area contributed by atoms with Crippen LogP contribution in [0.3, 0.4) is 0 Å². The molecule has 0 saturated carbocycles. The topological polar surface area (TPSA) is 72.0 Å². The van der Waals surface area contributed by atoms with Gasteiger partial charge in [-0.05, 0) is 31.5 Å². The highest BCUT2D eigenvalue weighted by Crippen LogP contribution is 2.25. The summed E-state index contributed by atoms with van der Waals surface area (Å²) in [5, 5.41) is 0. The Labute approximate surface area is 124 Å². The summed E-state index contributed by atoms with van der Waals surface area (Å²) in [5.74, 6) is -0.273. The number of halogens is 1. The Hall–Kier alpha value is -1.95. The van der Waals surface area contributed by atoms with Gasteiger partial charge in [-0.25, -0.2) is 9.78 Å². The number of aromatic nitrogens is 2. The molecule has 0 aliphatic heterocycles. The van der Waals surface area contributed by atoms with E-state index in [9.17, 15) is 9.59 Å². The van der Waals surface area contributed by atoms with Gasteiger partial charge >= 0.3 is 5.97 Å². The number of hydrogen-bond acceptors (Lipinski definition) is 4. The van der Waals surface area contributed by atoms with Crippen LogP contribution in [0.5, 0.6) is 0 Å². The number of esters is 1. The molecule has 6 heteroatoms. The molecule has 1 heterocycles. The fourth-order valence-corrected chi connectivity index (χ4v) is 2.38. The van der Waals surface area contributed by atoms with Crippen molar-refractivity contribution in [1.29, 1.82) is 0 Å². The lowest BCUT2D eigenvalue weighted by molar-refractivity contribution is 0.0524. The molecule has 2 rings (SSSR count). The van der Waals surface area contributed by atoms with Crippen LogP contribution >= 0.6 is 15.9 Å². The Morgan fingerprint density at radius 1 is 1.45 bits per heavy atom. The first-order valence-electron chi connectivity index (χ1n) is 6.06. The van der Waals surface area contributed by atoms with Crippen molar-refractivity contribution in [3.63, 3.8) is 0 Å². The number of hydrogen-bond donors (Lipinski definition) is 1. The number of benzene rings is 1. The summed E-state index contributed by atoms with van der Waals surface area (Å²) in [6, 6.07) is 5.69. The summed E-state index contributed by atoms with van der Waals surface area (Å²) in [5.41, 5.74) is 1.23. The van der Waals surface area contributed by atoms with E-state index in [-0.39, 0.29) is 12.2 Å². The van der Waals surface area contributed by atoms with Crippen molar-refractivity contribution in [2.75, 3.05) is 6.61 Å². The average molecular weight is 337 g/mol. The van der Waals surface area contributed by atoms with Crippen LogP contribution in [0.25, 0.3) is 11.4 Å². The van der Waals surface area contributed by atoms with Crippen LogP contribution in [0.2, 0.25) is 0 Å². The maximum atomic E-state index is 11.9. The molecule has 0 saturated heterocycles. The quantitative estimate of drug-likeness (QED) is 0.874. The Balaban J connectivity index is 2.43. The van der Waals surface area contributed by atoms with E-state index in [0.29, 0.717) is 5.82 Å². The van der Waals surface area contributed by atoms with E-state index >= 15 is 0 Å². The van der Waals surface area contributed by atoms with Crippen LogP contribution in [-0.4, -0.2) is 22.5 Å². The molecule has 0 fully saturated rings. The Morgan fingerprint density at radius 2 is 2.20 bits per heavy atom. The van der Waals surface area contributed by atoms with Gasteiger partial charge in [0.15, 0.2) is 0 Å². The Morgan fingerprint density at radius 3 is 2.80 bits per heavy atom. The van der Waals surface area contributed by atoms with Gasteiger partial charge in [0.05, 0.1) is 6.61 Å². The van der Waals surface area contributed by atoms with Crippen LogP contribution in [0.1, 0.15) is 22.8 Å². The highest BCUT2D eigenvalue weighted by Gasteiger charge is 2.14. The third kappa shape index (κ3) is 2.96. The van der Waals surface area contributed by atoms with Gasteiger partial charge in [0, 0.05) is 16.2 Å². The third-order valence-electron chi connectivity index (χ3n) is 2.67. The lowest BCUT2D eigenvalue weighted by Crippen LogP contribution is -2.21. The minimum absolute atomic E-state index is 0.0983.